The van der Waals surface area contributed by atoms with Gasteiger partial charge < -0.3 is 5.11 Å². The quantitative estimate of drug-likeness (QED) is 0.853. The monoisotopic (exact) mass is 264 g/mol. The van der Waals surface area contributed by atoms with Crippen molar-refractivity contribution in [1.29, 1.82) is 0 Å². The summed E-state index contributed by atoms with van der Waals surface area (Å²) in [6, 6.07) is 0. The highest BCUT2D eigenvalue weighted by molar-refractivity contribution is 5.71. The standard InChI is InChI=1S/C13H20N4O2/c1-2-17-12(14-8-15-17)7-16-5-10(9-3-4-9)11(6-16)13(18)19/h8-11H,2-7H2,1H3,(H,18,19)/t10-,11+/m0/s1. The van der Waals surface area contributed by atoms with Gasteiger partial charge in [-0.15, -0.1) is 0 Å². The van der Waals surface area contributed by atoms with E-state index < -0.39 is 5.97 Å². The minimum absolute atomic E-state index is 0.203. The maximum Gasteiger partial charge on any atom is 0.308 e. The number of hydrogen-bond acceptors (Lipinski definition) is 4. The molecule has 0 amide bonds. The predicted octanol–water partition coefficient (Wildman–Crippen LogP) is 0.841. The van der Waals surface area contributed by atoms with Gasteiger partial charge in [-0.25, -0.2) is 9.67 Å². The average Bonchev–Trinajstić information content (AvgIpc) is 2.99. The van der Waals surface area contributed by atoms with Crippen LogP contribution in [-0.2, 0) is 17.9 Å². The number of hydrogen-bond donors (Lipinski definition) is 1. The van der Waals surface area contributed by atoms with Gasteiger partial charge in [-0.05, 0) is 31.6 Å². The Kier molecular flexibility index (Phi) is 3.26. The normalized spacial score (nSPS) is 27.8. The number of carboxylic acid groups (broad SMARTS) is 1. The summed E-state index contributed by atoms with van der Waals surface area (Å²) in [4.78, 5) is 17.8. The van der Waals surface area contributed by atoms with E-state index >= 15 is 0 Å². The van der Waals surface area contributed by atoms with Crippen LogP contribution in [0.25, 0.3) is 0 Å². The zero-order valence-corrected chi connectivity index (χ0v) is 11.2. The SMILES string of the molecule is CCn1ncnc1CN1C[C@@H](C(=O)O)[C@H](C2CC2)C1. The highest BCUT2D eigenvalue weighted by Crippen LogP contribution is 2.44. The lowest BCUT2D eigenvalue weighted by Gasteiger charge is -2.15. The molecule has 0 spiro atoms. The summed E-state index contributed by atoms with van der Waals surface area (Å²) in [6.45, 7) is 5.08. The Balaban J connectivity index is 1.68. The Morgan fingerprint density at radius 2 is 2.26 bits per heavy atom. The molecule has 0 bridgehead atoms. The predicted molar refractivity (Wildman–Crippen MR) is 68.3 cm³/mol. The number of aryl methyl sites for hydroxylation is 1. The third kappa shape index (κ3) is 2.49. The van der Waals surface area contributed by atoms with Gasteiger partial charge in [0.25, 0.3) is 0 Å². The molecule has 104 valence electrons. The number of likely N-dealkylation sites (tertiary alicyclic amines) is 1. The Hall–Kier alpha value is -1.43. The highest BCUT2D eigenvalue weighted by atomic mass is 16.4. The van der Waals surface area contributed by atoms with Gasteiger partial charge in [0.1, 0.15) is 12.2 Å². The summed E-state index contributed by atoms with van der Waals surface area (Å²) >= 11 is 0. The zero-order chi connectivity index (χ0) is 13.4. The van der Waals surface area contributed by atoms with Crippen LogP contribution in [-0.4, -0.2) is 43.8 Å². The molecule has 3 rings (SSSR count). The van der Waals surface area contributed by atoms with E-state index in [-0.39, 0.29) is 5.92 Å². The molecule has 19 heavy (non-hydrogen) atoms. The zero-order valence-electron chi connectivity index (χ0n) is 11.2. The second-order valence-electron chi connectivity index (χ2n) is 5.63. The molecule has 6 heteroatoms. The van der Waals surface area contributed by atoms with Crippen LogP contribution in [0.1, 0.15) is 25.6 Å². The van der Waals surface area contributed by atoms with Gasteiger partial charge >= 0.3 is 5.97 Å². The largest absolute Gasteiger partial charge is 0.481 e. The molecule has 2 aliphatic rings. The van der Waals surface area contributed by atoms with Crippen LogP contribution in [0.15, 0.2) is 6.33 Å². The van der Waals surface area contributed by atoms with Gasteiger partial charge in [0, 0.05) is 19.6 Å². The van der Waals surface area contributed by atoms with E-state index in [1.54, 1.807) is 6.33 Å². The van der Waals surface area contributed by atoms with Crippen LogP contribution >= 0.6 is 0 Å². The van der Waals surface area contributed by atoms with Crippen molar-refractivity contribution >= 4 is 5.97 Å². The number of rotatable bonds is 5. The minimum atomic E-state index is -0.642. The molecule has 1 aliphatic heterocycles. The molecule has 1 saturated heterocycles. The lowest BCUT2D eigenvalue weighted by molar-refractivity contribution is -0.142. The van der Waals surface area contributed by atoms with Crippen LogP contribution in [0.4, 0.5) is 0 Å². The van der Waals surface area contributed by atoms with Crippen molar-refractivity contribution in [3.63, 3.8) is 0 Å². The van der Waals surface area contributed by atoms with Crippen molar-refractivity contribution in [2.24, 2.45) is 17.8 Å². The summed E-state index contributed by atoms with van der Waals surface area (Å²) in [6.07, 6.45) is 3.98. The fourth-order valence-corrected chi connectivity index (χ4v) is 3.18. The lowest BCUT2D eigenvalue weighted by atomic mass is 9.92. The first-order valence-corrected chi connectivity index (χ1v) is 7.01. The fourth-order valence-electron chi connectivity index (χ4n) is 3.18. The molecule has 1 N–H and O–H groups in total. The molecule has 2 heterocycles. The van der Waals surface area contributed by atoms with Crippen LogP contribution in [0.3, 0.4) is 0 Å². The van der Waals surface area contributed by atoms with Crippen molar-refractivity contribution in [3.05, 3.63) is 12.2 Å². The van der Waals surface area contributed by atoms with E-state index in [4.69, 9.17) is 0 Å². The second-order valence-corrected chi connectivity index (χ2v) is 5.63. The van der Waals surface area contributed by atoms with E-state index in [0.29, 0.717) is 24.9 Å². The molecule has 0 radical (unpaired) electrons. The highest BCUT2D eigenvalue weighted by Gasteiger charge is 2.45. The molecule has 1 saturated carbocycles. The maximum absolute atomic E-state index is 11.4. The van der Waals surface area contributed by atoms with Crippen molar-refractivity contribution in [1.82, 2.24) is 19.7 Å². The lowest BCUT2D eigenvalue weighted by Crippen LogP contribution is -2.25. The summed E-state index contributed by atoms with van der Waals surface area (Å²) in [5.74, 6) is 1.05. The van der Waals surface area contributed by atoms with Gasteiger partial charge in [0.15, 0.2) is 0 Å². The number of carboxylic acids is 1. The topological polar surface area (TPSA) is 71.2 Å². The van der Waals surface area contributed by atoms with Gasteiger partial charge in [-0.2, -0.15) is 5.10 Å². The maximum atomic E-state index is 11.4. The van der Waals surface area contributed by atoms with Crippen LogP contribution in [0, 0.1) is 17.8 Å². The second kappa shape index (κ2) is 4.92. The van der Waals surface area contributed by atoms with Gasteiger partial charge in [0.2, 0.25) is 0 Å². The van der Waals surface area contributed by atoms with Crippen LogP contribution < -0.4 is 0 Å². The summed E-state index contributed by atoms with van der Waals surface area (Å²) in [5.41, 5.74) is 0. The van der Waals surface area contributed by atoms with Gasteiger partial charge in [-0.3, -0.25) is 9.69 Å². The molecule has 1 aromatic rings. The van der Waals surface area contributed by atoms with Crippen molar-refractivity contribution < 1.29 is 9.90 Å². The molecule has 2 fully saturated rings. The Morgan fingerprint density at radius 3 is 2.89 bits per heavy atom. The van der Waals surface area contributed by atoms with Crippen molar-refractivity contribution in [3.8, 4) is 0 Å². The van der Waals surface area contributed by atoms with E-state index in [2.05, 4.69) is 15.0 Å². The number of aliphatic carboxylic acids is 1. The average molecular weight is 264 g/mol. The smallest absolute Gasteiger partial charge is 0.308 e. The third-order valence-electron chi connectivity index (χ3n) is 4.35. The summed E-state index contributed by atoms with van der Waals surface area (Å²) < 4.78 is 1.88. The van der Waals surface area contributed by atoms with Crippen molar-refractivity contribution in [2.45, 2.75) is 32.9 Å². The first kappa shape index (κ1) is 12.6. The molecular formula is C13H20N4O2. The Labute approximate surface area is 112 Å². The van der Waals surface area contributed by atoms with Crippen LogP contribution in [0.2, 0.25) is 0 Å². The number of aromatic nitrogens is 3. The molecule has 1 aliphatic carbocycles. The van der Waals surface area contributed by atoms with Gasteiger partial charge in [0.05, 0.1) is 12.5 Å². The van der Waals surface area contributed by atoms with Crippen LogP contribution in [0.5, 0.6) is 0 Å². The number of carbonyl (C=O) groups is 1. The molecule has 1 aromatic heterocycles. The Bertz CT molecular complexity index is 469. The minimum Gasteiger partial charge on any atom is -0.481 e. The first-order chi connectivity index (χ1) is 9.19. The molecule has 0 unspecified atom stereocenters. The van der Waals surface area contributed by atoms with E-state index in [1.807, 2.05) is 11.6 Å². The summed E-state index contributed by atoms with van der Waals surface area (Å²) in [5, 5.41) is 13.5. The van der Waals surface area contributed by atoms with Crippen molar-refractivity contribution in [2.75, 3.05) is 13.1 Å². The first-order valence-electron chi connectivity index (χ1n) is 7.01. The molecule has 6 nitrogen and oxygen atoms in total. The Morgan fingerprint density at radius 1 is 1.47 bits per heavy atom. The van der Waals surface area contributed by atoms with E-state index in [9.17, 15) is 9.90 Å². The molecular weight excluding hydrogens is 244 g/mol. The fraction of sp³-hybridized carbons (Fsp3) is 0.769. The van der Waals surface area contributed by atoms with E-state index in [1.165, 1.54) is 12.8 Å². The number of nitrogens with zero attached hydrogens (tertiary/aromatic N) is 4. The molecule has 0 aromatic carbocycles. The van der Waals surface area contributed by atoms with Gasteiger partial charge in [-0.1, -0.05) is 0 Å². The molecule has 2 atom stereocenters. The third-order valence-corrected chi connectivity index (χ3v) is 4.35. The van der Waals surface area contributed by atoms with E-state index in [0.717, 1.165) is 18.9 Å². The summed E-state index contributed by atoms with van der Waals surface area (Å²) in [7, 11) is 0.